The van der Waals surface area contributed by atoms with Crippen molar-refractivity contribution in [3.05, 3.63) is 25.3 Å². The van der Waals surface area contributed by atoms with E-state index in [1.54, 1.807) is 14.2 Å². The SMILES string of the molecule is C=CCCC1(CCC=C)N=C(OC)[C@@H](C(C)C)N=C1OC. The highest BCUT2D eigenvalue weighted by Crippen LogP contribution is 2.33. The van der Waals surface area contributed by atoms with Crippen LogP contribution in [0.4, 0.5) is 0 Å². The van der Waals surface area contributed by atoms with Crippen LogP contribution in [0.25, 0.3) is 0 Å². The van der Waals surface area contributed by atoms with Crippen LogP contribution < -0.4 is 0 Å². The van der Waals surface area contributed by atoms with E-state index in [1.165, 1.54) is 0 Å². The molecule has 1 aliphatic heterocycles. The van der Waals surface area contributed by atoms with E-state index in [0.29, 0.717) is 17.7 Å². The topological polar surface area (TPSA) is 43.2 Å². The highest BCUT2D eigenvalue weighted by molar-refractivity contribution is 5.96. The van der Waals surface area contributed by atoms with E-state index in [9.17, 15) is 0 Å². The van der Waals surface area contributed by atoms with Crippen molar-refractivity contribution in [2.45, 2.75) is 51.1 Å². The van der Waals surface area contributed by atoms with Gasteiger partial charge in [0.1, 0.15) is 11.6 Å². The second-order valence-electron chi connectivity index (χ2n) is 5.67. The lowest BCUT2D eigenvalue weighted by Gasteiger charge is -2.36. The van der Waals surface area contributed by atoms with E-state index in [1.807, 2.05) is 12.2 Å². The number of methoxy groups -OCH3 is 2. The van der Waals surface area contributed by atoms with E-state index in [-0.39, 0.29) is 6.04 Å². The van der Waals surface area contributed by atoms with Gasteiger partial charge in [-0.25, -0.2) is 9.98 Å². The van der Waals surface area contributed by atoms with Gasteiger partial charge in [0.2, 0.25) is 11.8 Å². The standard InChI is InChI=1S/C17H28N2O2/c1-7-9-11-17(12-10-8-2)16(21-6)18-14(13(3)4)15(19-17)20-5/h7-8,13-14H,1-2,9-12H2,3-6H3/t14-/m1/s1. The van der Waals surface area contributed by atoms with Crippen molar-refractivity contribution in [2.75, 3.05) is 14.2 Å². The molecule has 0 spiro atoms. The molecule has 0 aromatic rings. The van der Waals surface area contributed by atoms with Gasteiger partial charge in [-0.15, -0.1) is 13.2 Å². The first-order valence-corrected chi connectivity index (χ1v) is 7.52. The Bertz CT molecular complexity index is 413. The highest BCUT2D eigenvalue weighted by Gasteiger charge is 2.42. The third-order valence-corrected chi connectivity index (χ3v) is 3.79. The van der Waals surface area contributed by atoms with E-state index in [4.69, 9.17) is 19.5 Å². The Balaban J connectivity index is 3.23. The summed E-state index contributed by atoms with van der Waals surface area (Å²) in [7, 11) is 3.33. The van der Waals surface area contributed by atoms with Crippen molar-refractivity contribution in [1.29, 1.82) is 0 Å². The molecule has 0 aromatic heterocycles. The zero-order valence-corrected chi connectivity index (χ0v) is 13.8. The van der Waals surface area contributed by atoms with E-state index in [2.05, 4.69) is 27.0 Å². The summed E-state index contributed by atoms with van der Waals surface area (Å²) in [6.45, 7) is 11.8. The van der Waals surface area contributed by atoms with Crippen LogP contribution in [-0.4, -0.2) is 37.6 Å². The summed E-state index contributed by atoms with van der Waals surface area (Å²) in [4.78, 5) is 9.69. The minimum atomic E-state index is -0.464. The Hall–Kier alpha value is -1.58. The van der Waals surface area contributed by atoms with Crippen LogP contribution >= 0.6 is 0 Å². The smallest absolute Gasteiger partial charge is 0.212 e. The van der Waals surface area contributed by atoms with Gasteiger partial charge in [0.25, 0.3) is 0 Å². The molecule has 0 amide bonds. The molecule has 0 aromatic carbocycles. The maximum atomic E-state index is 5.59. The summed E-state index contributed by atoms with van der Waals surface area (Å²) >= 11 is 0. The molecule has 4 nitrogen and oxygen atoms in total. The van der Waals surface area contributed by atoms with Gasteiger partial charge in [-0.2, -0.15) is 0 Å². The summed E-state index contributed by atoms with van der Waals surface area (Å²) in [5.74, 6) is 1.70. The molecule has 0 aliphatic carbocycles. The summed E-state index contributed by atoms with van der Waals surface area (Å²) < 4.78 is 11.1. The predicted octanol–water partition coefficient (Wildman–Crippen LogP) is 3.79. The lowest BCUT2D eigenvalue weighted by molar-refractivity contribution is 0.291. The van der Waals surface area contributed by atoms with Crippen molar-refractivity contribution >= 4 is 11.8 Å². The Morgan fingerprint density at radius 3 is 2.10 bits per heavy atom. The summed E-state index contributed by atoms with van der Waals surface area (Å²) in [6.07, 6.45) is 7.14. The second-order valence-corrected chi connectivity index (χ2v) is 5.67. The molecule has 1 atom stereocenters. The normalized spacial score (nSPS) is 20.5. The minimum absolute atomic E-state index is 0.0782. The van der Waals surface area contributed by atoms with Gasteiger partial charge in [0.05, 0.1) is 14.2 Å². The van der Waals surface area contributed by atoms with Gasteiger partial charge < -0.3 is 9.47 Å². The van der Waals surface area contributed by atoms with Crippen LogP contribution in [0.2, 0.25) is 0 Å². The third-order valence-electron chi connectivity index (χ3n) is 3.79. The fourth-order valence-electron chi connectivity index (χ4n) is 2.60. The monoisotopic (exact) mass is 292 g/mol. The Labute approximate surface area is 128 Å². The number of allylic oxidation sites excluding steroid dienone is 2. The fourth-order valence-corrected chi connectivity index (χ4v) is 2.60. The van der Waals surface area contributed by atoms with Gasteiger partial charge in [-0.05, 0) is 31.6 Å². The van der Waals surface area contributed by atoms with Crippen molar-refractivity contribution < 1.29 is 9.47 Å². The first-order valence-electron chi connectivity index (χ1n) is 7.52. The largest absolute Gasteiger partial charge is 0.483 e. The number of hydrogen-bond donors (Lipinski definition) is 0. The van der Waals surface area contributed by atoms with Gasteiger partial charge in [0, 0.05) is 0 Å². The number of ether oxygens (including phenoxy) is 2. The Kier molecular flexibility index (Phi) is 6.66. The fraction of sp³-hybridized carbons (Fsp3) is 0.647. The highest BCUT2D eigenvalue weighted by atomic mass is 16.5. The van der Waals surface area contributed by atoms with Crippen molar-refractivity contribution in [1.82, 2.24) is 0 Å². The molecule has 4 heteroatoms. The van der Waals surface area contributed by atoms with Gasteiger partial charge >= 0.3 is 0 Å². The third kappa shape index (κ3) is 3.96. The predicted molar refractivity (Wildman–Crippen MR) is 89.1 cm³/mol. The maximum Gasteiger partial charge on any atom is 0.212 e. The average molecular weight is 292 g/mol. The molecule has 118 valence electrons. The van der Waals surface area contributed by atoms with E-state index < -0.39 is 5.54 Å². The Morgan fingerprint density at radius 2 is 1.71 bits per heavy atom. The summed E-state index contributed by atoms with van der Waals surface area (Å²) in [5.41, 5.74) is -0.464. The molecule has 1 aliphatic rings. The van der Waals surface area contributed by atoms with Gasteiger partial charge in [-0.3, -0.25) is 0 Å². The lowest BCUT2D eigenvalue weighted by Crippen LogP contribution is -2.46. The molecular formula is C17H28N2O2. The molecule has 0 saturated heterocycles. The lowest BCUT2D eigenvalue weighted by atomic mass is 9.86. The zero-order valence-electron chi connectivity index (χ0n) is 13.8. The van der Waals surface area contributed by atoms with Gasteiger partial charge in [-0.1, -0.05) is 26.0 Å². The summed E-state index contributed by atoms with van der Waals surface area (Å²) in [5, 5.41) is 0. The molecule has 0 radical (unpaired) electrons. The molecule has 1 rings (SSSR count). The molecule has 21 heavy (non-hydrogen) atoms. The van der Waals surface area contributed by atoms with Crippen LogP contribution in [0, 0.1) is 5.92 Å². The van der Waals surface area contributed by atoms with Crippen LogP contribution in [0.1, 0.15) is 39.5 Å². The molecule has 0 fully saturated rings. The number of aliphatic imine (C=N–C) groups is 2. The van der Waals surface area contributed by atoms with Crippen LogP contribution in [0.5, 0.6) is 0 Å². The number of rotatable bonds is 7. The van der Waals surface area contributed by atoms with Crippen molar-refractivity contribution in [2.24, 2.45) is 15.9 Å². The zero-order chi connectivity index (χ0) is 15.9. The number of hydrogen-bond acceptors (Lipinski definition) is 4. The molecule has 0 bridgehead atoms. The van der Waals surface area contributed by atoms with Crippen molar-refractivity contribution in [3.8, 4) is 0 Å². The maximum absolute atomic E-state index is 5.59. The van der Waals surface area contributed by atoms with Crippen LogP contribution in [0.15, 0.2) is 35.3 Å². The quantitative estimate of drug-likeness (QED) is 0.670. The molecule has 0 unspecified atom stereocenters. The first-order chi connectivity index (χ1) is 10.0. The molecule has 0 N–H and O–H groups in total. The van der Waals surface area contributed by atoms with Crippen molar-refractivity contribution in [3.63, 3.8) is 0 Å². The summed E-state index contributed by atoms with van der Waals surface area (Å²) in [6, 6.07) is -0.0782. The molecule has 1 heterocycles. The van der Waals surface area contributed by atoms with Gasteiger partial charge in [0.15, 0.2) is 0 Å². The Morgan fingerprint density at radius 1 is 1.14 bits per heavy atom. The average Bonchev–Trinajstić information content (AvgIpc) is 2.50. The van der Waals surface area contributed by atoms with E-state index >= 15 is 0 Å². The molecule has 0 saturated carbocycles. The minimum Gasteiger partial charge on any atom is -0.483 e. The number of nitrogens with zero attached hydrogens (tertiary/aromatic N) is 2. The van der Waals surface area contributed by atoms with Crippen LogP contribution in [0.3, 0.4) is 0 Å². The van der Waals surface area contributed by atoms with E-state index in [0.717, 1.165) is 25.7 Å². The van der Waals surface area contributed by atoms with Crippen LogP contribution in [-0.2, 0) is 9.47 Å². The molecular weight excluding hydrogens is 264 g/mol. The second kappa shape index (κ2) is 8.01. The first kappa shape index (κ1) is 17.5.